The molecule has 0 heterocycles. The van der Waals surface area contributed by atoms with Crippen LogP contribution in [0.25, 0.3) is 0 Å². The molecule has 0 amide bonds. The second-order valence-electron chi connectivity index (χ2n) is 5.72. The Balaban J connectivity index is 3.44. The molecule has 0 aliphatic heterocycles. The van der Waals surface area contributed by atoms with Gasteiger partial charge in [-0.05, 0) is 42.0 Å². The third-order valence-electron chi connectivity index (χ3n) is 3.23. The fourth-order valence-corrected chi connectivity index (χ4v) is 2.05. The number of carboxylic acid groups (broad SMARTS) is 1. The van der Waals surface area contributed by atoms with Gasteiger partial charge in [-0.25, -0.2) is 0 Å². The quantitative estimate of drug-likeness (QED) is 0.893. The predicted molar refractivity (Wildman–Crippen MR) is 72.5 cm³/mol. The minimum Gasteiger partial charge on any atom is -0.496 e. The van der Waals surface area contributed by atoms with Crippen LogP contribution in [0.4, 0.5) is 0 Å². The van der Waals surface area contributed by atoms with Crippen molar-refractivity contribution in [3.8, 4) is 5.75 Å². The van der Waals surface area contributed by atoms with Gasteiger partial charge in [0.2, 0.25) is 0 Å². The van der Waals surface area contributed by atoms with E-state index in [1.807, 2.05) is 19.1 Å². The van der Waals surface area contributed by atoms with Crippen LogP contribution in [0.3, 0.4) is 0 Å². The standard InChI is InChI=1S/C15H22O3/c1-9-7-13(18-6)12(15(3,4)5)8-11(9)10(2)14(16)17/h7-8,10H,1-6H3,(H,16,17). The van der Waals surface area contributed by atoms with Crippen molar-refractivity contribution in [1.82, 2.24) is 0 Å². The number of carbonyl (C=O) groups is 1. The Morgan fingerprint density at radius 3 is 2.28 bits per heavy atom. The summed E-state index contributed by atoms with van der Waals surface area (Å²) in [5.74, 6) is -0.485. The van der Waals surface area contributed by atoms with E-state index in [9.17, 15) is 4.79 Å². The van der Waals surface area contributed by atoms with Crippen LogP contribution >= 0.6 is 0 Å². The van der Waals surface area contributed by atoms with Crippen LogP contribution < -0.4 is 4.74 Å². The second-order valence-corrected chi connectivity index (χ2v) is 5.72. The number of hydrogen-bond donors (Lipinski definition) is 1. The summed E-state index contributed by atoms with van der Waals surface area (Å²) >= 11 is 0. The lowest BCUT2D eigenvalue weighted by Gasteiger charge is -2.25. The fourth-order valence-electron chi connectivity index (χ4n) is 2.05. The Morgan fingerprint density at radius 2 is 1.89 bits per heavy atom. The van der Waals surface area contributed by atoms with Gasteiger partial charge in [-0.1, -0.05) is 26.8 Å². The summed E-state index contributed by atoms with van der Waals surface area (Å²) in [6, 6.07) is 3.89. The molecule has 1 N–H and O–H groups in total. The Labute approximate surface area is 109 Å². The van der Waals surface area contributed by atoms with E-state index in [1.54, 1.807) is 14.0 Å². The Hall–Kier alpha value is -1.51. The first-order chi connectivity index (χ1) is 8.18. The molecule has 3 nitrogen and oxygen atoms in total. The first kappa shape index (κ1) is 14.6. The highest BCUT2D eigenvalue weighted by Crippen LogP contribution is 2.35. The molecule has 0 aliphatic carbocycles. The first-order valence-electron chi connectivity index (χ1n) is 6.10. The van der Waals surface area contributed by atoms with Crippen LogP contribution in [0.5, 0.6) is 5.75 Å². The van der Waals surface area contributed by atoms with Gasteiger partial charge in [0.1, 0.15) is 5.75 Å². The van der Waals surface area contributed by atoms with Crippen molar-refractivity contribution >= 4 is 5.97 Å². The second kappa shape index (κ2) is 5.01. The van der Waals surface area contributed by atoms with Gasteiger partial charge in [-0.3, -0.25) is 4.79 Å². The minimum absolute atomic E-state index is 0.0774. The highest BCUT2D eigenvalue weighted by atomic mass is 16.5. The van der Waals surface area contributed by atoms with Crippen molar-refractivity contribution in [1.29, 1.82) is 0 Å². The fraction of sp³-hybridized carbons (Fsp3) is 0.533. The van der Waals surface area contributed by atoms with Gasteiger partial charge in [-0.15, -0.1) is 0 Å². The Morgan fingerprint density at radius 1 is 1.33 bits per heavy atom. The van der Waals surface area contributed by atoms with Gasteiger partial charge in [0.15, 0.2) is 0 Å². The van der Waals surface area contributed by atoms with E-state index in [0.717, 1.165) is 22.4 Å². The van der Waals surface area contributed by atoms with Gasteiger partial charge in [0.25, 0.3) is 0 Å². The van der Waals surface area contributed by atoms with E-state index < -0.39 is 11.9 Å². The number of rotatable bonds is 3. The monoisotopic (exact) mass is 250 g/mol. The van der Waals surface area contributed by atoms with Crippen LogP contribution in [-0.4, -0.2) is 18.2 Å². The maximum atomic E-state index is 11.1. The molecule has 0 spiro atoms. The molecule has 1 unspecified atom stereocenters. The lowest BCUT2D eigenvalue weighted by molar-refractivity contribution is -0.138. The zero-order valence-electron chi connectivity index (χ0n) is 12.0. The molecule has 18 heavy (non-hydrogen) atoms. The van der Waals surface area contributed by atoms with Crippen LogP contribution in [0.2, 0.25) is 0 Å². The predicted octanol–water partition coefficient (Wildman–Crippen LogP) is 3.49. The van der Waals surface area contributed by atoms with E-state index in [4.69, 9.17) is 9.84 Å². The Kier molecular flexibility index (Phi) is 4.05. The van der Waals surface area contributed by atoms with E-state index in [1.165, 1.54) is 0 Å². The summed E-state index contributed by atoms with van der Waals surface area (Å²) in [6.45, 7) is 9.91. The normalized spacial score (nSPS) is 13.2. The molecule has 1 aromatic carbocycles. The van der Waals surface area contributed by atoms with Gasteiger partial charge in [-0.2, -0.15) is 0 Å². The molecule has 1 aromatic rings. The lowest BCUT2D eigenvalue weighted by Crippen LogP contribution is -2.16. The Bertz CT molecular complexity index is 456. The van der Waals surface area contributed by atoms with Crippen LogP contribution in [-0.2, 0) is 10.2 Å². The zero-order valence-corrected chi connectivity index (χ0v) is 12.0. The topological polar surface area (TPSA) is 46.5 Å². The van der Waals surface area contributed by atoms with Gasteiger partial charge in [0.05, 0.1) is 13.0 Å². The van der Waals surface area contributed by atoms with Crippen molar-refractivity contribution in [2.75, 3.05) is 7.11 Å². The van der Waals surface area contributed by atoms with E-state index in [-0.39, 0.29) is 5.41 Å². The summed E-state index contributed by atoms with van der Waals surface area (Å²) in [5, 5.41) is 9.15. The van der Waals surface area contributed by atoms with E-state index >= 15 is 0 Å². The first-order valence-corrected chi connectivity index (χ1v) is 6.10. The number of hydrogen-bond acceptors (Lipinski definition) is 2. The molecule has 0 aliphatic rings. The van der Waals surface area contributed by atoms with Crippen molar-refractivity contribution in [3.05, 3.63) is 28.8 Å². The number of aryl methyl sites for hydroxylation is 1. The molecular formula is C15H22O3. The SMILES string of the molecule is COc1cc(C)c(C(C)C(=O)O)cc1C(C)(C)C. The zero-order chi connectivity index (χ0) is 14.1. The van der Waals surface area contributed by atoms with Gasteiger partial charge in [0, 0.05) is 0 Å². The number of ether oxygens (including phenoxy) is 1. The maximum absolute atomic E-state index is 11.1. The third-order valence-corrected chi connectivity index (χ3v) is 3.23. The smallest absolute Gasteiger partial charge is 0.310 e. The minimum atomic E-state index is -0.803. The summed E-state index contributed by atoms with van der Waals surface area (Å²) in [5.41, 5.74) is 2.77. The van der Waals surface area contributed by atoms with Gasteiger partial charge >= 0.3 is 5.97 Å². The van der Waals surface area contributed by atoms with E-state index in [2.05, 4.69) is 20.8 Å². The van der Waals surface area contributed by atoms with Crippen molar-refractivity contribution in [2.24, 2.45) is 0 Å². The van der Waals surface area contributed by atoms with Crippen LogP contribution in [0.1, 0.15) is 50.3 Å². The van der Waals surface area contributed by atoms with Crippen molar-refractivity contribution in [2.45, 2.75) is 46.0 Å². The number of methoxy groups -OCH3 is 1. The summed E-state index contributed by atoms with van der Waals surface area (Å²) in [7, 11) is 1.64. The molecule has 0 fully saturated rings. The third kappa shape index (κ3) is 2.84. The lowest BCUT2D eigenvalue weighted by atomic mass is 9.82. The molecular weight excluding hydrogens is 228 g/mol. The number of benzene rings is 1. The molecule has 3 heteroatoms. The van der Waals surface area contributed by atoms with Gasteiger partial charge < -0.3 is 9.84 Å². The van der Waals surface area contributed by atoms with Crippen LogP contribution in [0.15, 0.2) is 12.1 Å². The molecule has 0 bridgehead atoms. The number of carboxylic acids is 1. The van der Waals surface area contributed by atoms with Crippen molar-refractivity contribution in [3.63, 3.8) is 0 Å². The highest BCUT2D eigenvalue weighted by Gasteiger charge is 2.24. The maximum Gasteiger partial charge on any atom is 0.310 e. The summed E-state index contributed by atoms with van der Waals surface area (Å²) < 4.78 is 5.40. The summed E-state index contributed by atoms with van der Waals surface area (Å²) in [4.78, 5) is 11.1. The van der Waals surface area contributed by atoms with Crippen molar-refractivity contribution < 1.29 is 14.6 Å². The average molecular weight is 250 g/mol. The molecule has 0 saturated carbocycles. The average Bonchev–Trinajstić information content (AvgIpc) is 2.25. The van der Waals surface area contributed by atoms with E-state index in [0.29, 0.717) is 0 Å². The largest absolute Gasteiger partial charge is 0.496 e. The molecule has 1 rings (SSSR count). The molecule has 0 aromatic heterocycles. The molecule has 0 saturated heterocycles. The number of aliphatic carboxylic acids is 1. The van der Waals surface area contributed by atoms with Crippen LogP contribution in [0, 0.1) is 6.92 Å². The summed E-state index contributed by atoms with van der Waals surface area (Å²) in [6.07, 6.45) is 0. The molecule has 0 radical (unpaired) electrons. The molecule has 1 atom stereocenters. The molecule has 100 valence electrons. The highest BCUT2D eigenvalue weighted by molar-refractivity contribution is 5.76.